The first-order valence-electron chi connectivity index (χ1n) is 8.04. The van der Waals surface area contributed by atoms with Crippen molar-refractivity contribution in [3.63, 3.8) is 0 Å². The van der Waals surface area contributed by atoms with Crippen LogP contribution in [0.1, 0.15) is 30.1 Å². The van der Waals surface area contributed by atoms with Crippen LogP contribution < -0.4 is 9.64 Å². The highest BCUT2D eigenvalue weighted by Gasteiger charge is 2.32. The number of fused-ring (bicyclic) bond motifs is 1. The van der Waals surface area contributed by atoms with Gasteiger partial charge in [0.1, 0.15) is 5.75 Å². The lowest BCUT2D eigenvalue weighted by Gasteiger charge is -2.34. The number of ether oxygens (including phenoxy) is 1. The predicted octanol–water partition coefficient (Wildman–Crippen LogP) is 2.32. The molecule has 2 heterocycles. The highest BCUT2D eigenvalue weighted by atomic mass is 35.5. The molecule has 5 nitrogen and oxygen atoms in total. The van der Waals surface area contributed by atoms with Crippen molar-refractivity contribution in [2.45, 2.75) is 25.9 Å². The van der Waals surface area contributed by atoms with Crippen molar-refractivity contribution in [1.29, 1.82) is 0 Å². The fraction of sp³-hybridized carbons (Fsp3) is 0.529. The van der Waals surface area contributed by atoms with Crippen molar-refractivity contribution >= 4 is 29.0 Å². The van der Waals surface area contributed by atoms with Crippen LogP contribution in [0.4, 0.5) is 5.69 Å². The molecule has 1 aromatic carbocycles. The summed E-state index contributed by atoms with van der Waals surface area (Å²) in [6.45, 7) is 5.38. The number of likely N-dealkylation sites (tertiary alicyclic amines) is 1. The second kappa shape index (κ2) is 6.89. The molecule has 23 heavy (non-hydrogen) atoms. The van der Waals surface area contributed by atoms with Crippen LogP contribution in [0.3, 0.4) is 0 Å². The zero-order valence-corrected chi connectivity index (χ0v) is 14.0. The fourth-order valence-corrected chi connectivity index (χ4v) is 3.29. The Hall–Kier alpha value is -1.59. The van der Waals surface area contributed by atoms with Gasteiger partial charge in [-0.15, -0.1) is 11.6 Å². The van der Waals surface area contributed by atoms with Gasteiger partial charge in [-0.25, -0.2) is 0 Å². The molecular formula is C17H21ClN2O3. The van der Waals surface area contributed by atoms with Gasteiger partial charge in [0.15, 0.2) is 11.9 Å². The maximum absolute atomic E-state index is 12.5. The number of ketones is 1. The van der Waals surface area contributed by atoms with Gasteiger partial charge in [-0.05, 0) is 51.1 Å². The molecule has 1 amide bonds. The van der Waals surface area contributed by atoms with Crippen LogP contribution in [-0.4, -0.2) is 54.8 Å². The largest absolute Gasteiger partial charge is 0.479 e. The third kappa shape index (κ3) is 3.35. The van der Waals surface area contributed by atoms with Gasteiger partial charge in [-0.1, -0.05) is 0 Å². The molecule has 1 unspecified atom stereocenters. The summed E-state index contributed by atoms with van der Waals surface area (Å²) in [5, 5.41) is 0. The van der Waals surface area contributed by atoms with E-state index in [0.29, 0.717) is 23.5 Å². The Bertz CT molecular complexity index is 614. The van der Waals surface area contributed by atoms with E-state index in [-0.39, 0.29) is 17.6 Å². The molecule has 1 atom stereocenters. The van der Waals surface area contributed by atoms with Gasteiger partial charge in [0.05, 0.1) is 11.6 Å². The summed E-state index contributed by atoms with van der Waals surface area (Å²) >= 11 is 5.64. The highest BCUT2D eigenvalue weighted by molar-refractivity contribution is 6.30. The zero-order valence-electron chi connectivity index (χ0n) is 13.3. The van der Waals surface area contributed by atoms with Crippen molar-refractivity contribution < 1.29 is 14.3 Å². The highest BCUT2D eigenvalue weighted by Crippen LogP contribution is 2.35. The van der Waals surface area contributed by atoms with Crippen LogP contribution in [0.5, 0.6) is 5.75 Å². The SMILES string of the molecule is CC1Oc2ccc(C(=O)CCl)cc2N(CCN2CCCC2)C1=O. The Balaban J connectivity index is 1.85. The summed E-state index contributed by atoms with van der Waals surface area (Å²) in [5.74, 6) is 0.356. The molecule has 0 spiro atoms. The normalized spacial score (nSPS) is 21.2. The second-order valence-corrected chi connectivity index (χ2v) is 6.31. The molecule has 0 aliphatic carbocycles. The third-order valence-corrected chi connectivity index (χ3v) is 4.69. The molecule has 1 aromatic rings. The minimum absolute atomic E-state index is 0.0628. The molecule has 2 aliphatic heterocycles. The Morgan fingerprint density at radius 1 is 1.30 bits per heavy atom. The van der Waals surface area contributed by atoms with E-state index in [2.05, 4.69) is 4.90 Å². The van der Waals surface area contributed by atoms with Gasteiger partial charge in [0.25, 0.3) is 5.91 Å². The number of carbonyl (C=O) groups excluding carboxylic acids is 2. The van der Waals surface area contributed by atoms with E-state index >= 15 is 0 Å². The van der Waals surface area contributed by atoms with E-state index in [0.717, 1.165) is 19.6 Å². The Morgan fingerprint density at radius 2 is 2.04 bits per heavy atom. The first-order valence-corrected chi connectivity index (χ1v) is 8.57. The molecule has 2 aliphatic rings. The predicted molar refractivity (Wildman–Crippen MR) is 89.6 cm³/mol. The number of anilines is 1. The number of benzene rings is 1. The van der Waals surface area contributed by atoms with Gasteiger partial charge in [0, 0.05) is 18.7 Å². The molecule has 0 radical (unpaired) electrons. The van der Waals surface area contributed by atoms with Crippen LogP contribution in [0.2, 0.25) is 0 Å². The van der Waals surface area contributed by atoms with E-state index in [9.17, 15) is 9.59 Å². The summed E-state index contributed by atoms with van der Waals surface area (Å²) < 4.78 is 5.67. The number of halogens is 1. The number of hydrogen-bond acceptors (Lipinski definition) is 4. The van der Waals surface area contributed by atoms with E-state index in [4.69, 9.17) is 16.3 Å². The minimum Gasteiger partial charge on any atom is -0.479 e. The van der Waals surface area contributed by atoms with Gasteiger partial charge in [0.2, 0.25) is 0 Å². The molecule has 1 fully saturated rings. The smallest absolute Gasteiger partial charge is 0.267 e. The van der Waals surface area contributed by atoms with Crippen molar-refractivity contribution in [1.82, 2.24) is 4.90 Å². The molecule has 0 bridgehead atoms. The van der Waals surface area contributed by atoms with Gasteiger partial charge in [-0.2, -0.15) is 0 Å². The molecule has 0 aromatic heterocycles. The van der Waals surface area contributed by atoms with Crippen LogP contribution >= 0.6 is 11.6 Å². The summed E-state index contributed by atoms with van der Waals surface area (Å²) in [6, 6.07) is 5.17. The van der Waals surface area contributed by atoms with Crippen LogP contribution in [0.25, 0.3) is 0 Å². The fourth-order valence-electron chi connectivity index (χ4n) is 3.14. The summed E-state index contributed by atoms with van der Waals surface area (Å²) in [5.41, 5.74) is 1.18. The lowest BCUT2D eigenvalue weighted by atomic mass is 10.1. The average molecular weight is 337 g/mol. The summed E-state index contributed by atoms with van der Waals surface area (Å²) in [4.78, 5) is 28.5. The lowest BCUT2D eigenvalue weighted by molar-refractivity contribution is -0.125. The topological polar surface area (TPSA) is 49.9 Å². The summed E-state index contributed by atoms with van der Waals surface area (Å²) in [7, 11) is 0. The Labute approximate surface area is 141 Å². The number of rotatable bonds is 5. The molecule has 6 heteroatoms. The maximum atomic E-state index is 12.5. The minimum atomic E-state index is -0.504. The van der Waals surface area contributed by atoms with E-state index in [1.165, 1.54) is 12.8 Å². The maximum Gasteiger partial charge on any atom is 0.267 e. The molecule has 3 rings (SSSR count). The van der Waals surface area contributed by atoms with Crippen molar-refractivity contribution in [2.24, 2.45) is 0 Å². The molecule has 1 saturated heterocycles. The van der Waals surface area contributed by atoms with Crippen LogP contribution in [0.15, 0.2) is 18.2 Å². The zero-order chi connectivity index (χ0) is 16.4. The first-order chi connectivity index (χ1) is 11.1. The van der Waals surface area contributed by atoms with E-state index in [1.807, 2.05) is 0 Å². The number of carbonyl (C=O) groups is 2. The van der Waals surface area contributed by atoms with E-state index < -0.39 is 6.10 Å². The average Bonchev–Trinajstić information content (AvgIpc) is 3.07. The number of hydrogen-bond donors (Lipinski definition) is 0. The second-order valence-electron chi connectivity index (χ2n) is 6.04. The van der Waals surface area contributed by atoms with Gasteiger partial charge >= 0.3 is 0 Å². The monoisotopic (exact) mass is 336 g/mol. The van der Waals surface area contributed by atoms with Gasteiger partial charge < -0.3 is 14.5 Å². The standard InChI is InChI=1S/C17H21ClN2O3/c1-12-17(22)20(9-8-19-6-2-3-7-19)14-10-13(15(21)11-18)4-5-16(14)23-12/h4-5,10,12H,2-3,6-9,11H2,1H3. The van der Waals surface area contributed by atoms with Crippen LogP contribution in [-0.2, 0) is 4.79 Å². The number of alkyl halides is 1. The molecular weight excluding hydrogens is 316 g/mol. The molecule has 124 valence electrons. The lowest BCUT2D eigenvalue weighted by Crippen LogP contribution is -2.47. The molecule has 0 N–H and O–H groups in total. The number of Topliss-reactive ketones (excluding diaryl/α,β-unsaturated/α-hetero) is 1. The van der Waals surface area contributed by atoms with Gasteiger partial charge in [-0.3, -0.25) is 9.59 Å². The van der Waals surface area contributed by atoms with Crippen LogP contribution in [0, 0.1) is 0 Å². The summed E-state index contributed by atoms with van der Waals surface area (Å²) in [6.07, 6.45) is 1.94. The first kappa shape index (κ1) is 16.3. The number of amides is 1. The van der Waals surface area contributed by atoms with E-state index in [1.54, 1.807) is 30.0 Å². The number of nitrogens with zero attached hydrogens (tertiary/aromatic N) is 2. The van der Waals surface area contributed by atoms with Crippen molar-refractivity contribution in [2.75, 3.05) is 37.0 Å². The quantitative estimate of drug-likeness (QED) is 0.611. The Kier molecular flexibility index (Phi) is 4.87. The van der Waals surface area contributed by atoms with Crippen molar-refractivity contribution in [3.8, 4) is 5.75 Å². The molecule has 0 saturated carbocycles. The third-order valence-electron chi connectivity index (χ3n) is 4.45. The Morgan fingerprint density at radius 3 is 2.74 bits per heavy atom. The van der Waals surface area contributed by atoms with Crippen molar-refractivity contribution in [3.05, 3.63) is 23.8 Å².